The van der Waals surface area contributed by atoms with Crippen LogP contribution in [0.15, 0.2) is 76.6 Å². The van der Waals surface area contributed by atoms with Crippen molar-refractivity contribution in [1.29, 1.82) is 0 Å². The number of nitrogens with zero attached hydrogens (tertiary/aromatic N) is 5. The third-order valence-corrected chi connectivity index (χ3v) is 6.64. The molecule has 0 fully saturated rings. The van der Waals surface area contributed by atoms with E-state index in [0.29, 0.717) is 17.8 Å². The van der Waals surface area contributed by atoms with Gasteiger partial charge in [0, 0.05) is 25.0 Å². The molecule has 1 N–H and O–H groups in total. The van der Waals surface area contributed by atoms with Crippen molar-refractivity contribution < 1.29 is 9.90 Å². The highest BCUT2D eigenvalue weighted by Gasteiger charge is 2.37. The molecule has 3 aromatic heterocycles. The molecule has 0 aliphatic carbocycles. The van der Waals surface area contributed by atoms with E-state index < -0.39 is 28.7 Å². The fourth-order valence-electron chi connectivity index (χ4n) is 4.93. The van der Waals surface area contributed by atoms with Gasteiger partial charge in [0.05, 0.1) is 12.2 Å². The van der Waals surface area contributed by atoms with Crippen LogP contribution in [0, 0.1) is 5.41 Å². The molecule has 9 heteroatoms. The summed E-state index contributed by atoms with van der Waals surface area (Å²) in [5.74, 6) is -1.18. The number of carbonyl (C=O) groups is 1. The number of hydrogen-bond donors (Lipinski definition) is 1. The van der Waals surface area contributed by atoms with Gasteiger partial charge in [0.15, 0.2) is 5.65 Å². The SMILES string of the molecule is Cn1c(=O)c2c(-c3ccncc3)n(Cc3cccc4ccccc34)nc2n(C(C(=O)O)C(C)(C)C)c1=O. The lowest BCUT2D eigenvalue weighted by atomic mass is 9.86. The molecule has 0 aliphatic rings. The van der Waals surface area contributed by atoms with E-state index in [9.17, 15) is 19.5 Å². The zero-order chi connectivity index (χ0) is 26.5. The van der Waals surface area contributed by atoms with Gasteiger partial charge in [-0.05, 0) is 33.9 Å². The second-order valence-electron chi connectivity index (χ2n) is 10.2. The van der Waals surface area contributed by atoms with Gasteiger partial charge in [-0.25, -0.2) is 9.59 Å². The van der Waals surface area contributed by atoms with Crippen molar-refractivity contribution >= 4 is 27.8 Å². The van der Waals surface area contributed by atoms with Crippen molar-refractivity contribution in [3.8, 4) is 11.3 Å². The molecule has 0 radical (unpaired) electrons. The first kappa shape index (κ1) is 24.2. The van der Waals surface area contributed by atoms with Crippen LogP contribution in [-0.2, 0) is 18.4 Å². The molecule has 0 saturated carbocycles. The Morgan fingerprint density at radius 2 is 1.68 bits per heavy atom. The zero-order valence-corrected chi connectivity index (χ0v) is 21.0. The van der Waals surface area contributed by atoms with Gasteiger partial charge in [0.25, 0.3) is 5.56 Å². The molecule has 1 unspecified atom stereocenters. The van der Waals surface area contributed by atoms with Gasteiger partial charge in [0.1, 0.15) is 11.4 Å². The molecule has 5 aromatic rings. The Morgan fingerprint density at radius 1 is 1.00 bits per heavy atom. The summed E-state index contributed by atoms with van der Waals surface area (Å²) >= 11 is 0. The molecule has 2 aromatic carbocycles. The van der Waals surface area contributed by atoms with Crippen LogP contribution in [0.1, 0.15) is 32.4 Å². The Labute approximate surface area is 212 Å². The minimum atomic E-state index is -1.25. The summed E-state index contributed by atoms with van der Waals surface area (Å²) in [5, 5.41) is 17.2. The van der Waals surface area contributed by atoms with Gasteiger partial charge in [-0.3, -0.25) is 23.6 Å². The fourth-order valence-corrected chi connectivity index (χ4v) is 4.93. The van der Waals surface area contributed by atoms with E-state index in [-0.39, 0.29) is 11.0 Å². The summed E-state index contributed by atoms with van der Waals surface area (Å²) < 4.78 is 3.78. The maximum absolute atomic E-state index is 13.5. The lowest BCUT2D eigenvalue weighted by Gasteiger charge is -2.28. The first-order valence-electron chi connectivity index (χ1n) is 11.9. The Bertz CT molecular complexity index is 1770. The zero-order valence-electron chi connectivity index (χ0n) is 21.0. The molecule has 0 saturated heterocycles. The molecule has 1 atom stereocenters. The number of benzene rings is 2. The molecule has 0 spiro atoms. The van der Waals surface area contributed by atoms with Gasteiger partial charge in [0.2, 0.25) is 0 Å². The first-order valence-corrected chi connectivity index (χ1v) is 11.9. The molecular weight excluding hydrogens is 470 g/mol. The molecular formula is C28H27N5O4. The van der Waals surface area contributed by atoms with E-state index in [4.69, 9.17) is 5.10 Å². The second kappa shape index (κ2) is 8.85. The topological polar surface area (TPSA) is 112 Å². The molecule has 3 heterocycles. The van der Waals surface area contributed by atoms with E-state index >= 15 is 0 Å². The Morgan fingerprint density at radius 3 is 2.35 bits per heavy atom. The number of fused-ring (bicyclic) bond motifs is 2. The minimum Gasteiger partial charge on any atom is -0.480 e. The van der Waals surface area contributed by atoms with Gasteiger partial charge >= 0.3 is 11.7 Å². The highest BCUT2D eigenvalue weighted by molar-refractivity contribution is 5.92. The number of rotatable bonds is 5. The molecule has 0 aliphatic heterocycles. The van der Waals surface area contributed by atoms with Crippen molar-refractivity contribution in [2.24, 2.45) is 12.5 Å². The summed E-state index contributed by atoms with van der Waals surface area (Å²) in [6.45, 7) is 5.53. The number of aliphatic carboxylic acids is 1. The van der Waals surface area contributed by atoms with Gasteiger partial charge < -0.3 is 5.11 Å². The smallest absolute Gasteiger partial charge is 0.333 e. The van der Waals surface area contributed by atoms with Crippen LogP contribution in [0.2, 0.25) is 0 Å². The lowest BCUT2D eigenvalue weighted by Crippen LogP contribution is -2.45. The van der Waals surface area contributed by atoms with Crippen molar-refractivity contribution in [3.05, 3.63) is 93.4 Å². The number of pyridine rings is 1. The predicted molar refractivity (Wildman–Crippen MR) is 142 cm³/mol. The van der Waals surface area contributed by atoms with E-state index in [0.717, 1.165) is 25.5 Å². The van der Waals surface area contributed by atoms with E-state index in [1.165, 1.54) is 7.05 Å². The van der Waals surface area contributed by atoms with Crippen LogP contribution in [0.25, 0.3) is 33.1 Å². The third kappa shape index (κ3) is 4.02. The Kier molecular flexibility index (Phi) is 5.78. The summed E-state index contributed by atoms with van der Waals surface area (Å²) in [6.07, 6.45) is 3.23. The molecule has 0 bridgehead atoms. The molecule has 37 heavy (non-hydrogen) atoms. The molecule has 5 rings (SSSR count). The largest absolute Gasteiger partial charge is 0.480 e. The predicted octanol–water partition coefficient (Wildman–Crippen LogP) is 3.83. The highest BCUT2D eigenvalue weighted by Crippen LogP contribution is 2.34. The van der Waals surface area contributed by atoms with Crippen LogP contribution < -0.4 is 11.2 Å². The Hall–Kier alpha value is -4.53. The van der Waals surface area contributed by atoms with Crippen LogP contribution >= 0.6 is 0 Å². The van der Waals surface area contributed by atoms with E-state index in [1.807, 2.05) is 42.5 Å². The number of aromatic nitrogens is 5. The van der Waals surface area contributed by atoms with Gasteiger partial charge in [-0.2, -0.15) is 5.10 Å². The fraction of sp³-hybridized carbons (Fsp3) is 0.250. The standard InChI is InChI=1S/C28H27N5O4/c1-28(2,3)23(26(35)36)33-24-21(25(34)31(4)27(33)37)22(18-12-14-29-15-13-18)32(30-24)16-19-10-7-9-17-8-5-6-11-20(17)19/h5-15,23H,16H2,1-4H3,(H,35,36). The van der Waals surface area contributed by atoms with Gasteiger partial charge in [-0.1, -0.05) is 63.2 Å². The minimum absolute atomic E-state index is 0.0440. The normalized spacial score (nSPS) is 12.8. The lowest BCUT2D eigenvalue weighted by molar-refractivity contribution is -0.144. The number of hydrogen-bond acceptors (Lipinski definition) is 5. The monoisotopic (exact) mass is 497 g/mol. The summed E-state index contributed by atoms with van der Waals surface area (Å²) in [6, 6.07) is 16.2. The first-order chi connectivity index (χ1) is 17.6. The molecule has 0 amide bonds. The maximum atomic E-state index is 13.5. The second-order valence-corrected chi connectivity index (χ2v) is 10.2. The average Bonchev–Trinajstić information content (AvgIpc) is 3.24. The van der Waals surface area contributed by atoms with Crippen LogP contribution in [0.5, 0.6) is 0 Å². The summed E-state index contributed by atoms with van der Waals surface area (Å²) in [7, 11) is 1.36. The van der Waals surface area contributed by atoms with E-state index in [2.05, 4.69) is 4.98 Å². The van der Waals surface area contributed by atoms with Crippen LogP contribution in [0.3, 0.4) is 0 Å². The summed E-state index contributed by atoms with van der Waals surface area (Å²) in [4.78, 5) is 43.5. The van der Waals surface area contributed by atoms with Crippen LogP contribution in [0.4, 0.5) is 0 Å². The van der Waals surface area contributed by atoms with Gasteiger partial charge in [-0.15, -0.1) is 0 Å². The van der Waals surface area contributed by atoms with Crippen LogP contribution in [-0.4, -0.2) is 35.0 Å². The van der Waals surface area contributed by atoms with Crippen molar-refractivity contribution in [2.75, 3.05) is 0 Å². The molecule has 188 valence electrons. The molecule has 9 nitrogen and oxygen atoms in total. The van der Waals surface area contributed by atoms with Crippen molar-refractivity contribution in [1.82, 2.24) is 23.9 Å². The average molecular weight is 498 g/mol. The maximum Gasteiger partial charge on any atom is 0.333 e. The van der Waals surface area contributed by atoms with Crippen molar-refractivity contribution in [3.63, 3.8) is 0 Å². The quantitative estimate of drug-likeness (QED) is 0.395. The summed E-state index contributed by atoms with van der Waals surface area (Å²) in [5.41, 5.74) is 0.0950. The highest BCUT2D eigenvalue weighted by atomic mass is 16.4. The van der Waals surface area contributed by atoms with E-state index in [1.54, 1.807) is 50.0 Å². The number of carboxylic acid groups (broad SMARTS) is 1. The Balaban J connectivity index is 1.90. The third-order valence-electron chi connectivity index (χ3n) is 6.64. The van der Waals surface area contributed by atoms with Crippen molar-refractivity contribution in [2.45, 2.75) is 33.4 Å². The number of carboxylic acids is 1.